The Morgan fingerprint density at radius 1 is 1.00 bits per heavy atom. The Balaban J connectivity index is 2.17. The Morgan fingerprint density at radius 3 is 2.33 bits per heavy atom. The van der Waals surface area contributed by atoms with Crippen LogP contribution in [-0.2, 0) is 0 Å². The van der Waals surface area contributed by atoms with E-state index >= 15 is 8.63 Å². The maximum Gasteiger partial charge on any atom is 0.738 e. The molecule has 0 saturated carbocycles. The molecule has 2 aliphatic heterocycles. The van der Waals surface area contributed by atoms with Gasteiger partial charge in [-0.15, -0.1) is 0 Å². The Bertz CT molecular complexity index is 974. The van der Waals surface area contributed by atoms with E-state index < -0.39 is 6.97 Å². The van der Waals surface area contributed by atoms with Crippen molar-refractivity contribution in [1.29, 1.82) is 0 Å². The van der Waals surface area contributed by atoms with Crippen molar-refractivity contribution in [2.24, 2.45) is 0 Å². The highest BCUT2D eigenvalue weighted by Gasteiger charge is 2.54. The van der Waals surface area contributed by atoms with Crippen molar-refractivity contribution in [2.45, 2.75) is 0 Å². The largest absolute Gasteiger partial charge is 0.738 e. The zero-order valence-corrected chi connectivity index (χ0v) is 18.0. The first kappa shape index (κ1) is 16.9. The van der Waals surface area contributed by atoms with E-state index in [4.69, 9.17) is 0 Å². The molecule has 2 aromatic rings. The van der Waals surface area contributed by atoms with Crippen LogP contribution in [0.3, 0.4) is 0 Å². The molecule has 2 aliphatic rings. The van der Waals surface area contributed by atoms with Crippen LogP contribution in [0.4, 0.5) is 8.63 Å². The Hall–Kier alpha value is -0.575. The summed E-state index contributed by atoms with van der Waals surface area (Å²) >= 11 is 13.5. The highest BCUT2D eigenvalue weighted by atomic mass is 79.9. The second-order valence-corrected chi connectivity index (χ2v) is 8.60. The Kier molecular flexibility index (Phi) is 4.02. The third-order valence-electron chi connectivity index (χ3n) is 3.97. The minimum atomic E-state index is -4.01. The third-order valence-corrected chi connectivity index (χ3v) is 6.47. The van der Waals surface area contributed by atoms with E-state index in [1.54, 1.807) is 36.7 Å². The fourth-order valence-corrected chi connectivity index (χ4v) is 5.50. The predicted molar refractivity (Wildman–Crippen MR) is 104 cm³/mol. The number of aromatic nitrogens is 2. The van der Waals surface area contributed by atoms with Gasteiger partial charge < -0.3 is 17.6 Å². The lowest BCUT2D eigenvalue weighted by Gasteiger charge is -2.32. The van der Waals surface area contributed by atoms with Crippen molar-refractivity contribution in [3.05, 3.63) is 67.2 Å². The lowest BCUT2D eigenvalue weighted by atomic mass is 9.87. The molecule has 4 heterocycles. The van der Waals surface area contributed by atoms with Crippen LogP contribution in [-0.4, -0.2) is 25.5 Å². The summed E-state index contributed by atoms with van der Waals surface area (Å²) in [6, 6.07) is 3.33. The number of nitrogens with zero attached hydrogens (tertiary/aromatic N) is 3. The standard InChI is InChI=1S/C14H6BBr4F2N3/c16-7-5-22-6-8(17)13(7)14-9-1-3-11(18)23(9)15(20,21)24-10(14)2-4-12(24)19/h1-6H. The van der Waals surface area contributed by atoms with Gasteiger partial charge in [0.1, 0.15) is 0 Å². The van der Waals surface area contributed by atoms with Crippen molar-refractivity contribution >= 4 is 80.9 Å². The molecule has 10 heteroatoms. The van der Waals surface area contributed by atoms with Gasteiger partial charge >= 0.3 is 6.97 Å². The molecule has 0 fully saturated rings. The minimum Gasteiger partial charge on any atom is -0.389 e. The summed E-state index contributed by atoms with van der Waals surface area (Å²) in [5, 5.41) is 0. The molecule has 24 heavy (non-hydrogen) atoms. The van der Waals surface area contributed by atoms with Crippen molar-refractivity contribution < 1.29 is 13.1 Å². The molecule has 0 aromatic carbocycles. The normalized spacial score (nSPS) is 18.2. The third kappa shape index (κ3) is 2.22. The number of pyridine rings is 1. The van der Waals surface area contributed by atoms with E-state index in [9.17, 15) is 0 Å². The van der Waals surface area contributed by atoms with Crippen LogP contribution >= 0.6 is 63.7 Å². The first-order valence-corrected chi connectivity index (χ1v) is 9.94. The van der Waals surface area contributed by atoms with Gasteiger partial charge in [-0.25, -0.2) is 0 Å². The molecular formula is C14H6BBr4F2N3. The Morgan fingerprint density at radius 2 is 1.67 bits per heavy atom. The van der Waals surface area contributed by atoms with Crippen LogP contribution in [0.2, 0.25) is 0 Å². The molecule has 4 rings (SSSR count). The molecule has 0 aliphatic carbocycles. The maximum atomic E-state index is 15.1. The molecule has 0 radical (unpaired) electrons. The van der Waals surface area contributed by atoms with Crippen LogP contribution in [0, 0.1) is 0 Å². The van der Waals surface area contributed by atoms with Crippen molar-refractivity contribution in [2.75, 3.05) is 0 Å². The number of halogens is 6. The van der Waals surface area contributed by atoms with Gasteiger partial charge in [0.25, 0.3) is 0 Å². The Labute approximate surface area is 169 Å². The van der Waals surface area contributed by atoms with E-state index in [-0.39, 0.29) is 0 Å². The second kappa shape index (κ2) is 5.72. The molecule has 0 spiro atoms. The van der Waals surface area contributed by atoms with Gasteiger partial charge in [0.2, 0.25) is 4.62 Å². The number of rotatable bonds is 1. The molecule has 3 nitrogen and oxygen atoms in total. The molecule has 0 N–H and O–H groups in total. The fourth-order valence-electron chi connectivity index (χ4n) is 3.04. The van der Waals surface area contributed by atoms with Crippen LogP contribution in [0.25, 0.3) is 5.57 Å². The fraction of sp³-hybridized carbons (Fsp3) is 0. The quantitative estimate of drug-likeness (QED) is 0.404. The monoisotopic (exact) mass is 581 g/mol. The smallest absolute Gasteiger partial charge is 0.389 e. The number of allylic oxidation sites excluding steroid dienone is 2. The van der Waals surface area contributed by atoms with Gasteiger partial charge in [-0.3, -0.25) is 4.98 Å². The molecule has 0 atom stereocenters. The van der Waals surface area contributed by atoms with Gasteiger partial charge in [-0.05, 0) is 59.9 Å². The first-order chi connectivity index (χ1) is 11.3. The van der Waals surface area contributed by atoms with Gasteiger partial charge in [-0.1, -0.05) is 0 Å². The summed E-state index contributed by atoms with van der Waals surface area (Å²) in [6.45, 7) is -4.01. The van der Waals surface area contributed by atoms with Gasteiger partial charge in [-0.2, -0.15) is 0 Å². The number of hydrogen-bond acceptors (Lipinski definition) is 1. The maximum absolute atomic E-state index is 15.1. The average Bonchev–Trinajstić information content (AvgIpc) is 3.07. The first-order valence-electron chi connectivity index (χ1n) is 6.77. The summed E-state index contributed by atoms with van der Waals surface area (Å²) < 4.78 is 34.5. The van der Waals surface area contributed by atoms with E-state index in [1.165, 1.54) is 0 Å². The predicted octanol–water partition coefficient (Wildman–Crippen LogP) is 5.54. The molecule has 2 aromatic heterocycles. The van der Waals surface area contributed by atoms with Gasteiger partial charge in [0.05, 0.1) is 10.2 Å². The van der Waals surface area contributed by atoms with Crippen molar-refractivity contribution in [3.8, 4) is 0 Å². The molecule has 0 bridgehead atoms. The summed E-state index contributed by atoms with van der Waals surface area (Å²) in [5.41, 5.74) is 2.35. The zero-order valence-electron chi connectivity index (χ0n) is 11.7. The topological polar surface area (TPSA) is 20.8 Å². The molecule has 122 valence electrons. The SMILES string of the molecule is F[B-]1(F)n2c(Br)ccc2C(c2c(Br)cncc2Br)=C2C=CC(Br)=[N+]21. The number of hydrogen-bond donors (Lipinski definition) is 0. The summed E-state index contributed by atoms with van der Waals surface area (Å²) in [6.07, 6.45) is 6.62. The molecule has 0 saturated heterocycles. The second-order valence-electron chi connectivity index (χ2n) is 5.26. The molecule has 0 unspecified atom stereocenters. The van der Waals surface area contributed by atoms with Gasteiger partial charge in [0.15, 0.2) is 5.70 Å². The zero-order chi connectivity index (χ0) is 17.2. The summed E-state index contributed by atoms with van der Waals surface area (Å²) in [5.74, 6) is 0. The van der Waals surface area contributed by atoms with Crippen molar-refractivity contribution in [3.63, 3.8) is 0 Å². The summed E-state index contributed by atoms with van der Waals surface area (Å²) in [7, 11) is 0. The van der Waals surface area contributed by atoms with Crippen LogP contribution < -0.4 is 0 Å². The molecular weight excluding hydrogens is 579 g/mol. The molecule has 0 amide bonds. The van der Waals surface area contributed by atoms with Crippen LogP contribution in [0.5, 0.6) is 0 Å². The van der Waals surface area contributed by atoms with E-state index in [0.29, 0.717) is 26.2 Å². The highest BCUT2D eigenvalue weighted by Crippen LogP contribution is 2.45. The minimum absolute atomic E-state index is 0.326. The van der Waals surface area contributed by atoms with Crippen LogP contribution in [0.1, 0.15) is 11.3 Å². The lowest BCUT2D eigenvalue weighted by Crippen LogP contribution is -2.50. The van der Waals surface area contributed by atoms with Crippen LogP contribution in [0.15, 0.2) is 55.9 Å². The summed E-state index contributed by atoms with van der Waals surface area (Å²) in [4.78, 5) is 4.11. The van der Waals surface area contributed by atoms with E-state index in [0.717, 1.165) is 23.5 Å². The van der Waals surface area contributed by atoms with Gasteiger partial charge in [0, 0.05) is 60.7 Å². The highest BCUT2D eigenvalue weighted by molar-refractivity contribution is 9.18. The van der Waals surface area contributed by atoms with E-state index in [2.05, 4.69) is 68.7 Å². The van der Waals surface area contributed by atoms with E-state index in [1.807, 2.05) is 0 Å². The van der Waals surface area contributed by atoms with Crippen molar-refractivity contribution in [1.82, 2.24) is 9.46 Å². The average molecular weight is 585 g/mol. The lowest BCUT2D eigenvalue weighted by molar-refractivity contribution is -0.358. The number of fused-ring (bicyclic) bond motifs is 2.